The van der Waals surface area contributed by atoms with Gasteiger partial charge in [0.1, 0.15) is 5.82 Å². The predicted molar refractivity (Wildman–Crippen MR) is 129 cm³/mol. The summed E-state index contributed by atoms with van der Waals surface area (Å²) in [5.41, 5.74) is 7.85. The normalized spacial score (nSPS) is 11.7. The highest BCUT2D eigenvalue weighted by atomic mass is 32.2. The number of imidazole rings is 1. The second-order valence-corrected chi connectivity index (χ2v) is 9.86. The first-order valence-electron chi connectivity index (χ1n) is 10.3. The second kappa shape index (κ2) is 8.23. The van der Waals surface area contributed by atoms with Crippen molar-refractivity contribution in [2.75, 3.05) is 16.9 Å². The summed E-state index contributed by atoms with van der Waals surface area (Å²) in [7, 11) is -3.61. The lowest BCUT2D eigenvalue weighted by Gasteiger charge is -2.25. The third-order valence-corrected chi connectivity index (χ3v) is 6.56. The lowest BCUT2D eigenvalue weighted by atomic mass is 10.1. The van der Waals surface area contributed by atoms with E-state index in [0.717, 1.165) is 17.2 Å². The summed E-state index contributed by atoms with van der Waals surface area (Å²) in [6.07, 6.45) is 7.45. The van der Waals surface area contributed by atoms with Crippen LogP contribution in [0.2, 0.25) is 0 Å². The molecule has 0 saturated carbocycles. The molecule has 5 aromatic rings. The van der Waals surface area contributed by atoms with Gasteiger partial charge in [-0.2, -0.15) is 0 Å². The first-order chi connectivity index (χ1) is 16.3. The van der Waals surface area contributed by atoms with E-state index >= 15 is 0 Å². The van der Waals surface area contributed by atoms with Gasteiger partial charge in [-0.1, -0.05) is 24.3 Å². The van der Waals surface area contributed by atoms with Crippen molar-refractivity contribution in [3.8, 4) is 0 Å². The first kappa shape index (κ1) is 21.5. The Hall–Kier alpha value is -4.31. The Bertz CT molecular complexity index is 1660. The SMILES string of the molecule is CS(=O)(=O)c1ccccc1N(Cc1ccc2ccc(N)nc2c1)C(=O)c1cnc2nccn2c1. The summed E-state index contributed by atoms with van der Waals surface area (Å²) in [6.45, 7) is 0.111. The number of carbonyl (C=O) groups is 1. The third-order valence-electron chi connectivity index (χ3n) is 5.41. The molecular formula is C24H20N6O3S. The molecule has 2 N–H and O–H groups in total. The molecule has 9 nitrogen and oxygen atoms in total. The molecule has 0 aliphatic carbocycles. The zero-order valence-corrected chi connectivity index (χ0v) is 19.0. The van der Waals surface area contributed by atoms with Gasteiger partial charge in [0.25, 0.3) is 5.91 Å². The van der Waals surface area contributed by atoms with Crippen molar-refractivity contribution < 1.29 is 13.2 Å². The van der Waals surface area contributed by atoms with Crippen LogP contribution in [-0.2, 0) is 16.4 Å². The Labute approximate surface area is 195 Å². The van der Waals surface area contributed by atoms with E-state index in [-0.39, 0.29) is 22.7 Å². The van der Waals surface area contributed by atoms with Gasteiger partial charge in [0.2, 0.25) is 5.78 Å². The van der Waals surface area contributed by atoms with Gasteiger partial charge in [-0.3, -0.25) is 9.20 Å². The maximum absolute atomic E-state index is 13.7. The summed E-state index contributed by atoms with van der Waals surface area (Å²) in [5, 5.41) is 0.905. The van der Waals surface area contributed by atoms with Crippen LogP contribution in [0.4, 0.5) is 11.5 Å². The number of anilines is 2. The Morgan fingerprint density at radius 2 is 1.88 bits per heavy atom. The average Bonchev–Trinajstić information content (AvgIpc) is 3.29. The number of carbonyl (C=O) groups excluding carboxylic acids is 1. The highest BCUT2D eigenvalue weighted by molar-refractivity contribution is 7.90. The smallest absolute Gasteiger partial charge is 0.261 e. The minimum absolute atomic E-state index is 0.0585. The van der Waals surface area contributed by atoms with Crippen LogP contribution in [0, 0.1) is 0 Å². The monoisotopic (exact) mass is 472 g/mol. The van der Waals surface area contributed by atoms with Crippen LogP contribution >= 0.6 is 0 Å². The average molecular weight is 473 g/mol. The molecule has 0 aliphatic heterocycles. The minimum Gasteiger partial charge on any atom is -0.384 e. The standard InChI is InChI=1S/C24H20N6O3S/c1-34(32,33)21-5-3-2-4-20(21)30(23(31)18-13-27-24-26-10-11-29(24)15-18)14-16-6-7-17-8-9-22(25)28-19(17)12-16/h2-13,15H,14H2,1H3,(H2,25,28). The lowest BCUT2D eigenvalue weighted by molar-refractivity contribution is 0.0984. The summed E-state index contributed by atoms with van der Waals surface area (Å²) in [5.74, 6) is 0.442. The van der Waals surface area contributed by atoms with E-state index < -0.39 is 15.7 Å². The van der Waals surface area contributed by atoms with Gasteiger partial charge >= 0.3 is 0 Å². The predicted octanol–water partition coefficient (Wildman–Crippen LogP) is 3.11. The number of nitrogen functional groups attached to an aromatic ring is 1. The Kier molecular flexibility index (Phi) is 5.21. The van der Waals surface area contributed by atoms with Crippen molar-refractivity contribution in [1.82, 2.24) is 19.4 Å². The van der Waals surface area contributed by atoms with Gasteiger partial charge in [0, 0.05) is 36.4 Å². The number of para-hydroxylation sites is 1. The molecule has 0 bridgehead atoms. The van der Waals surface area contributed by atoms with Crippen molar-refractivity contribution in [2.24, 2.45) is 0 Å². The summed E-state index contributed by atoms with van der Waals surface area (Å²) in [6, 6.07) is 15.6. The number of fused-ring (bicyclic) bond motifs is 2. The molecule has 0 aliphatic rings. The number of aromatic nitrogens is 4. The van der Waals surface area contributed by atoms with Crippen LogP contribution < -0.4 is 10.6 Å². The van der Waals surface area contributed by atoms with Gasteiger partial charge in [-0.25, -0.2) is 23.4 Å². The summed E-state index contributed by atoms with van der Waals surface area (Å²) in [4.78, 5) is 27.9. The first-order valence-corrected chi connectivity index (χ1v) is 12.2. The molecule has 3 heterocycles. The van der Waals surface area contributed by atoms with E-state index in [1.54, 1.807) is 47.3 Å². The number of benzene rings is 2. The number of pyridine rings is 1. The Morgan fingerprint density at radius 1 is 1.09 bits per heavy atom. The molecule has 0 saturated heterocycles. The van der Waals surface area contributed by atoms with Gasteiger partial charge in [-0.15, -0.1) is 0 Å². The Balaban J connectivity index is 1.63. The van der Waals surface area contributed by atoms with E-state index in [0.29, 0.717) is 17.1 Å². The Morgan fingerprint density at radius 3 is 2.71 bits per heavy atom. The molecule has 2 aromatic carbocycles. The zero-order valence-electron chi connectivity index (χ0n) is 18.2. The molecule has 0 atom stereocenters. The van der Waals surface area contributed by atoms with Crippen LogP contribution in [-0.4, -0.2) is 39.9 Å². The van der Waals surface area contributed by atoms with Gasteiger partial charge in [-0.05, 0) is 35.9 Å². The second-order valence-electron chi connectivity index (χ2n) is 7.87. The highest BCUT2D eigenvalue weighted by Crippen LogP contribution is 2.29. The number of sulfone groups is 1. The minimum atomic E-state index is -3.61. The summed E-state index contributed by atoms with van der Waals surface area (Å²) < 4.78 is 26.7. The fourth-order valence-electron chi connectivity index (χ4n) is 3.80. The van der Waals surface area contributed by atoms with Crippen LogP contribution in [0.15, 0.2) is 84.3 Å². The molecule has 0 unspecified atom stereocenters. The van der Waals surface area contributed by atoms with Crippen molar-refractivity contribution in [2.45, 2.75) is 11.4 Å². The molecule has 0 fully saturated rings. The number of amides is 1. The molecular weight excluding hydrogens is 452 g/mol. The molecule has 3 aromatic heterocycles. The van der Waals surface area contributed by atoms with E-state index in [9.17, 15) is 13.2 Å². The van der Waals surface area contributed by atoms with Crippen LogP contribution in [0.1, 0.15) is 15.9 Å². The number of nitrogens with zero attached hydrogens (tertiary/aromatic N) is 5. The van der Waals surface area contributed by atoms with Gasteiger partial charge < -0.3 is 10.6 Å². The third kappa shape index (κ3) is 4.06. The molecule has 0 spiro atoms. The van der Waals surface area contributed by atoms with Gasteiger partial charge in [0.05, 0.1) is 28.2 Å². The van der Waals surface area contributed by atoms with Crippen molar-refractivity contribution in [3.63, 3.8) is 0 Å². The van der Waals surface area contributed by atoms with E-state index in [4.69, 9.17) is 5.73 Å². The number of rotatable bonds is 5. The summed E-state index contributed by atoms with van der Waals surface area (Å²) >= 11 is 0. The fraction of sp³-hybridized carbons (Fsp3) is 0.0833. The molecule has 170 valence electrons. The highest BCUT2D eigenvalue weighted by Gasteiger charge is 2.25. The van der Waals surface area contributed by atoms with Crippen LogP contribution in [0.25, 0.3) is 16.7 Å². The quantitative estimate of drug-likeness (QED) is 0.417. The molecule has 1 amide bonds. The van der Waals surface area contributed by atoms with Crippen molar-refractivity contribution >= 4 is 43.9 Å². The molecule has 0 radical (unpaired) electrons. The van der Waals surface area contributed by atoms with Crippen molar-refractivity contribution in [3.05, 3.63) is 90.5 Å². The zero-order chi connectivity index (χ0) is 23.9. The van der Waals surface area contributed by atoms with Crippen LogP contribution in [0.3, 0.4) is 0 Å². The number of hydrogen-bond acceptors (Lipinski definition) is 7. The number of hydrogen-bond donors (Lipinski definition) is 1. The molecule has 10 heteroatoms. The maximum Gasteiger partial charge on any atom is 0.261 e. The largest absolute Gasteiger partial charge is 0.384 e. The van der Waals surface area contributed by atoms with E-state index in [1.807, 2.05) is 24.3 Å². The van der Waals surface area contributed by atoms with Gasteiger partial charge in [0.15, 0.2) is 9.84 Å². The maximum atomic E-state index is 13.7. The van der Waals surface area contributed by atoms with E-state index in [1.165, 1.54) is 17.2 Å². The lowest BCUT2D eigenvalue weighted by Crippen LogP contribution is -2.32. The topological polar surface area (TPSA) is 124 Å². The van der Waals surface area contributed by atoms with E-state index in [2.05, 4.69) is 15.0 Å². The number of nitrogens with two attached hydrogens (primary N) is 1. The van der Waals surface area contributed by atoms with Crippen LogP contribution in [0.5, 0.6) is 0 Å². The fourth-order valence-corrected chi connectivity index (χ4v) is 4.69. The van der Waals surface area contributed by atoms with Crippen molar-refractivity contribution in [1.29, 1.82) is 0 Å². The molecule has 5 rings (SSSR count). The molecule has 34 heavy (non-hydrogen) atoms.